The van der Waals surface area contributed by atoms with E-state index in [-0.39, 0.29) is 11.9 Å². The van der Waals surface area contributed by atoms with Crippen LogP contribution in [0.15, 0.2) is 18.6 Å². The number of hydrogen-bond acceptors (Lipinski definition) is 5. The van der Waals surface area contributed by atoms with Gasteiger partial charge >= 0.3 is 5.97 Å². The first-order valence-electron chi connectivity index (χ1n) is 8.56. The summed E-state index contributed by atoms with van der Waals surface area (Å²) in [5.74, 6) is -0.402. The van der Waals surface area contributed by atoms with Crippen molar-refractivity contribution in [3.8, 4) is 0 Å². The Balaban J connectivity index is 1.48. The van der Waals surface area contributed by atoms with Gasteiger partial charge < -0.3 is 19.9 Å². The molecule has 0 atom stereocenters. The summed E-state index contributed by atoms with van der Waals surface area (Å²) in [4.78, 5) is 39.6. The molecule has 2 fully saturated rings. The number of aliphatic carboxylic acids is 1. The summed E-state index contributed by atoms with van der Waals surface area (Å²) in [6.45, 7) is 1.10. The Morgan fingerprint density at radius 2 is 2.08 bits per heavy atom. The fourth-order valence-corrected chi connectivity index (χ4v) is 3.28. The predicted octanol–water partition coefficient (Wildman–Crippen LogP) is 1.25. The van der Waals surface area contributed by atoms with E-state index in [2.05, 4.69) is 15.0 Å². The maximum atomic E-state index is 12.8. The van der Waals surface area contributed by atoms with Crippen molar-refractivity contribution in [2.45, 2.75) is 31.7 Å². The molecule has 25 heavy (non-hydrogen) atoms. The van der Waals surface area contributed by atoms with Gasteiger partial charge in [-0.1, -0.05) is 0 Å². The van der Waals surface area contributed by atoms with Crippen LogP contribution in [-0.4, -0.2) is 63.0 Å². The second kappa shape index (κ2) is 5.72. The van der Waals surface area contributed by atoms with Gasteiger partial charge in [-0.15, -0.1) is 0 Å². The highest BCUT2D eigenvalue weighted by Crippen LogP contribution is 2.49. The van der Waals surface area contributed by atoms with Crippen molar-refractivity contribution < 1.29 is 14.7 Å². The molecule has 1 amide bonds. The smallest absolute Gasteiger partial charge is 0.319 e. The number of nitrogens with one attached hydrogen (secondary N) is 1. The van der Waals surface area contributed by atoms with E-state index in [1.54, 1.807) is 4.90 Å². The highest BCUT2D eigenvalue weighted by atomic mass is 16.4. The number of aromatic amines is 1. The molecule has 2 N–H and O–H groups in total. The van der Waals surface area contributed by atoms with Crippen LogP contribution in [0.3, 0.4) is 0 Å². The molecule has 4 rings (SSSR count). The molecule has 0 radical (unpaired) electrons. The van der Waals surface area contributed by atoms with Crippen molar-refractivity contribution in [3.05, 3.63) is 18.6 Å². The molecule has 0 saturated heterocycles. The number of aromatic nitrogens is 3. The molecule has 0 bridgehead atoms. The van der Waals surface area contributed by atoms with Crippen molar-refractivity contribution in [1.29, 1.82) is 0 Å². The van der Waals surface area contributed by atoms with Crippen molar-refractivity contribution in [2.75, 3.05) is 25.0 Å². The molecule has 2 aromatic heterocycles. The van der Waals surface area contributed by atoms with Crippen LogP contribution in [-0.2, 0) is 9.59 Å². The number of hydrogen-bond donors (Lipinski definition) is 2. The average molecular weight is 343 g/mol. The molecule has 2 aliphatic carbocycles. The summed E-state index contributed by atoms with van der Waals surface area (Å²) >= 11 is 0. The highest BCUT2D eigenvalue weighted by Gasteiger charge is 2.59. The normalized spacial score (nSPS) is 18.1. The van der Waals surface area contributed by atoms with Gasteiger partial charge in [0.15, 0.2) is 0 Å². The van der Waals surface area contributed by atoms with E-state index in [1.807, 2.05) is 24.2 Å². The lowest BCUT2D eigenvalue weighted by atomic mass is 10.1. The van der Waals surface area contributed by atoms with Gasteiger partial charge in [0, 0.05) is 32.4 Å². The quantitative estimate of drug-likeness (QED) is 0.734. The molecule has 8 heteroatoms. The molecule has 2 aliphatic rings. The molecule has 2 saturated carbocycles. The Morgan fingerprint density at radius 3 is 2.72 bits per heavy atom. The third-order valence-corrected chi connectivity index (χ3v) is 5.19. The van der Waals surface area contributed by atoms with Crippen LogP contribution in [0.25, 0.3) is 11.0 Å². The Morgan fingerprint density at radius 1 is 1.32 bits per heavy atom. The summed E-state index contributed by atoms with van der Waals surface area (Å²) in [6.07, 6.45) is 6.16. The first-order valence-corrected chi connectivity index (χ1v) is 8.56. The van der Waals surface area contributed by atoms with Crippen LogP contribution < -0.4 is 4.90 Å². The van der Waals surface area contributed by atoms with E-state index < -0.39 is 11.4 Å². The summed E-state index contributed by atoms with van der Waals surface area (Å²) in [5, 5.41) is 10.3. The Labute approximate surface area is 144 Å². The van der Waals surface area contributed by atoms with E-state index in [0.29, 0.717) is 25.9 Å². The van der Waals surface area contributed by atoms with Crippen molar-refractivity contribution in [3.63, 3.8) is 0 Å². The van der Waals surface area contributed by atoms with Gasteiger partial charge in [-0.2, -0.15) is 0 Å². The monoisotopic (exact) mass is 343 g/mol. The van der Waals surface area contributed by atoms with Gasteiger partial charge in [0.2, 0.25) is 5.91 Å². The summed E-state index contributed by atoms with van der Waals surface area (Å²) in [7, 11) is 1.93. The van der Waals surface area contributed by atoms with Crippen LogP contribution >= 0.6 is 0 Å². The fourth-order valence-electron chi connectivity index (χ4n) is 3.28. The summed E-state index contributed by atoms with van der Waals surface area (Å²) in [6, 6.07) is 2.12. The number of carbonyl (C=O) groups is 2. The SMILES string of the molecule is CN(CCN(C(=O)C1(C(=O)O)CC1)C1CC1)c1ncnc2[nH]ccc12. The van der Waals surface area contributed by atoms with Crippen LogP contribution in [0.5, 0.6) is 0 Å². The number of carboxylic acid groups (broad SMARTS) is 1. The zero-order chi connectivity index (χ0) is 17.6. The summed E-state index contributed by atoms with van der Waals surface area (Å²) in [5.41, 5.74) is -0.390. The van der Waals surface area contributed by atoms with Crippen LogP contribution in [0.1, 0.15) is 25.7 Å². The van der Waals surface area contributed by atoms with Gasteiger partial charge in [-0.05, 0) is 31.7 Å². The standard InChI is InChI=1S/C17H21N5O3/c1-21(14-12-4-7-18-13(12)19-10-20-14)8-9-22(11-2-3-11)15(23)17(5-6-17)16(24)25/h4,7,10-11H,2-3,5-6,8-9H2,1H3,(H,24,25)(H,18,19,20). The van der Waals surface area contributed by atoms with Crippen LogP contribution in [0.4, 0.5) is 5.82 Å². The largest absolute Gasteiger partial charge is 0.480 e. The molecule has 2 aromatic rings. The minimum absolute atomic E-state index is 0.190. The van der Waals surface area contributed by atoms with E-state index in [1.165, 1.54) is 6.33 Å². The predicted molar refractivity (Wildman–Crippen MR) is 91.2 cm³/mol. The average Bonchev–Trinajstić information content (AvgIpc) is 3.51. The third kappa shape index (κ3) is 2.71. The fraction of sp³-hybridized carbons (Fsp3) is 0.529. The zero-order valence-electron chi connectivity index (χ0n) is 14.1. The molecule has 0 unspecified atom stereocenters. The topological polar surface area (TPSA) is 102 Å². The lowest BCUT2D eigenvalue weighted by molar-refractivity contribution is -0.153. The van der Waals surface area contributed by atoms with E-state index in [9.17, 15) is 14.7 Å². The molecule has 132 valence electrons. The van der Waals surface area contributed by atoms with Gasteiger partial charge in [-0.25, -0.2) is 9.97 Å². The van der Waals surface area contributed by atoms with Gasteiger partial charge in [-0.3, -0.25) is 9.59 Å². The Kier molecular flexibility index (Phi) is 3.63. The Bertz CT molecular complexity index is 825. The number of carboxylic acids is 1. The lowest BCUT2D eigenvalue weighted by Gasteiger charge is -2.28. The number of nitrogens with zero attached hydrogens (tertiary/aromatic N) is 4. The number of carbonyl (C=O) groups excluding carboxylic acids is 1. The number of H-pyrrole nitrogens is 1. The molecule has 0 spiro atoms. The van der Waals surface area contributed by atoms with Gasteiger partial charge in [0.1, 0.15) is 23.2 Å². The third-order valence-electron chi connectivity index (χ3n) is 5.19. The second-order valence-corrected chi connectivity index (χ2v) is 6.98. The number of rotatable bonds is 7. The first-order chi connectivity index (χ1) is 12.0. The molecular formula is C17H21N5O3. The molecule has 0 aromatic carbocycles. The molecular weight excluding hydrogens is 322 g/mol. The number of fused-ring (bicyclic) bond motifs is 1. The minimum atomic E-state index is -1.16. The number of anilines is 1. The van der Waals surface area contributed by atoms with Gasteiger partial charge in [0.25, 0.3) is 0 Å². The first kappa shape index (κ1) is 15.9. The number of likely N-dealkylation sites (N-methyl/N-ethyl adjacent to an activating group) is 1. The van der Waals surface area contributed by atoms with Gasteiger partial charge in [0.05, 0.1) is 5.39 Å². The van der Waals surface area contributed by atoms with Crippen molar-refractivity contribution >= 4 is 28.7 Å². The van der Waals surface area contributed by atoms with Crippen LogP contribution in [0.2, 0.25) is 0 Å². The summed E-state index contributed by atoms with van der Waals surface area (Å²) < 4.78 is 0. The second-order valence-electron chi connectivity index (χ2n) is 6.98. The zero-order valence-corrected chi connectivity index (χ0v) is 14.1. The molecule has 2 heterocycles. The molecule has 8 nitrogen and oxygen atoms in total. The molecule has 0 aliphatic heterocycles. The van der Waals surface area contributed by atoms with E-state index >= 15 is 0 Å². The Hall–Kier alpha value is -2.64. The van der Waals surface area contributed by atoms with Crippen molar-refractivity contribution in [1.82, 2.24) is 19.9 Å². The van der Waals surface area contributed by atoms with Crippen LogP contribution in [0, 0.1) is 5.41 Å². The maximum Gasteiger partial charge on any atom is 0.319 e. The number of amides is 1. The van der Waals surface area contributed by atoms with E-state index in [0.717, 1.165) is 29.7 Å². The maximum absolute atomic E-state index is 12.8. The highest BCUT2D eigenvalue weighted by molar-refractivity contribution is 6.05. The van der Waals surface area contributed by atoms with Crippen molar-refractivity contribution in [2.24, 2.45) is 5.41 Å². The van der Waals surface area contributed by atoms with E-state index in [4.69, 9.17) is 0 Å². The lowest BCUT2D eigenvalue weighted by Crippen LogP contribution is -2.45. The minimum Gasteiger partial charge on any atom is -0.480 e.